The van der Waals surface area contributed by atoms with Crippen LogP contribution in [0.3, 0.4) is 0 Å². The largest absolute Gasteiger partial charge is 0.471 e. The Kier molecular flexibility index (Phi) is 3.36. The minimum Gasteiger partial charge on any atom is -0.355 e. The molecule has 0 unspecified atom stereocenters. The number of alkyl halides is 3. The maximum Gasteiger partial charge on any atom is 0.471 e. The van der Waals surface area contributed by atoms with E-state index in [-0.39, 0.29) is 5.69 Å². The molecule has 0 saturated heterocycles. The van der Waals surface area contributed by atoms with E-state index >= 15 is 0 Å². The van der Waals surface area contributed by atoms with Crippen molar-refractivity contribution in [3.8, 4) is 11.3 Å². The first kappa shape index (κ1) is 14.2. The van der Waals surface area contributed by atoms with Crippen LogP contribution in [-0.4, -0.2) is 17.1 Å². The average molecular weight is 304 g/mol. The molecule has 2 N–H and O–H groups in total. The molecule has 0 saturated carbocycles. The van der Waals surface area contributed by atoms with Crippen LogP contribution in [0.25, 0.3) is 22.2 Å². The van der Waals surface area contributed by atoms with Crippen LogP contribution in [-0.2, 0) is 4.79 Å². The monoisotopic (exact) mass is 304 g/mol. The van der Waals surface area contributed by atoms with Gasteiger partial charge in [0.05, 0.1) is 0 Å². The van der Waals surface area contributed by atoms with Crippen LogP contribution in [0.1, 0.15) is 0 Å². The lowest BCUT2D eigenvalue weighted by atomic mass is 10.1. The van der Waals surface area contributed by atoms with E-state index in [0.717, 1.165) is 22.2 Å². The number of halogens is 3. The molecule has 0 aliphatic carbocycles. The fourth-order valence-electron chi connectivity index (χ4n) is 2.19. The first-order valence-corrected chi connectivity index (χ1v) is 6.50. The Morgan fingerprint density at radius 2 is 1.73 bits per heavy atom. The summed E-state index contributed by atoms with van der Waals surface area (Å²) in [5, 5.41) is 2.57. The van der Waals surface area contributed by atoms with Crippen molar-refractivity contribution in [2.24, 2.45) is 0 Å². The number of rotatable bonds is 2. The van der Waals surface area contributed by atoms with Gasteiger partial charge < -0.3 is 10.3 Å². The van der Waals surface area contributed by atoms with Gasteiger partial charge in [0.15, 0.2) is 0 Å². The first-order chi connectivity index (χ1) is 10.4. The molecular weight excluding hydrogens is 293 g/mol. The van der Waals surface area contributed by atoms with E-state index in [0.29, 0.717) is 0 Å². The van der Waals surface area contributed by atoms with Crippen LogP contribution in [0.5, 0.6) is 0 Å². The Bertz CT molecular complexity index is 822. The molecule has 2 aromatic carbocycles. The fraction of sp³-hybridized carbons (Fsp3) is 0.0625. The van der Waals surface area contributed by atoms with E-state index in [4.69, 9.17) is 0 Å². The number of aromatic nitrogens is 1. The van der Waals surface area contributed by atoms with Crippen LogP contribution >= 0.6 is 0 Å². The van der Waals surface area contributed by atoms with Crippen LogP contribution in [0, 0.1) is 0 Å². The predicted molar refractivity (Wildman–Crippen MR) is 78.4 cm³/mol. The molecule has 6 heteroatoms. The number of carbonyl (C=O) groups is 1. The number of hydrogen-bond acceptors (Lipinski definition) is 1. The van der Waals surface area contributed by atoms with Gasteiger partial charge in [0, 0.05) is 22.3 Å². The minimum atomic E-state index is -4.90. The van der Waals surface area contributed by atoms with E-state index in [2.05, 4.69) is 4.98 Å². The summed E-state index contributed by atoms with van der Waals surface area (Å²) < 4.78 is 36.8. The number of aromatic amines is 1. The Morgan fingerprint density at radius 3 is 2.41 bits per heavy atom. The lowest BCUT2D eigenvalue weighted by molar-refractivity contribution is -0.167. The second kappa shape index (κ2) is 5.22. The van der Waals surface area contributed by atoms with Gasteiger partial charge >= 0.3 is 12.1 Å². The van der Waals surface area contributed by atoms with Gasteiger partial charge in [0.1, 0.15) is 0 Å². The second-order valence-electron chi connectivity index (χ2n) is 4.80. The first-order valence-electron chi connectivity index (χ1n) is 6.50. The van der Waals surface area contributed by atoms with Gasteiger partial charge in [-0.3, -0.25) is 4.79 Å². The third-order valence-corrected chi connectivity index (χ3v) is 3.22. The van der Waals surface area contributed by atoms with Crippen molar-refractivity contribution in [3.63, 3.8) is 0 Å². The van der Waals surface area contributed by atoms with Crippen molar-refractivity contribution in [2.75, 3.05) is 5.32 Å². The van der Waals surface area contributed by atoms with Gasteiger partial charge in [-0.1, -0.05) is 30.3 Å². The highest BCUT2D eigenvalue weighted by Gasteiger charge is 2.38. The lowest BCUT2D eigenvalue weighted by Gasteiger charge is -2.07. The lowest BCUT2D eigenvalue weighted by Crippen LogP contribution is -2.29. The molecule has 0 fully saturated rings. The third-order valence-electron chi connectivity index (χ3n) is 3.22. The minimum absolute atomic E-state index is 0.105. The van der Waals surface area contributed by atoms with E-state index in [1.807, 2.05) is 41.7 Å². The van der Waals surface area contributed by atoms with Crippen LogP contribution < -0.4 is 5.32 Å². The highest BCUT2D eigenvalue weighted by atomic mass is 19.4. The molecule has 22 heavy (non-hydrogen) atoms. The zero-order valence-electron chi connectivity index (χ0n) is 11.2. The van der Waals surface area contributed by atoms with E-state index < -0.39 is 12.1 Å². The molecule has 3 nitrogen and oxygen atoms in total. The second-order valence-corrected chi connectivity index (χ2v) is 4.80. The molecule has 0 spiro atoms. The van der Waals surface area contributed by atoms with Gasteiger partial charge in [0.25, 0.3) is 0 Å². The maximum atomic E-state index is 12.3. The molecule has 0 aliphatic heterocycles. The predicted octanol–water partition coefficient (Wildman–Crippen LogP) is 4.34. The number of fused-ring (bicyclic) bond motifs is 1. The summed E-state index contributed by atoms with van der Waals surface area (Å²) in [7, 11) is 0. The number of anilines is 1. The van der Waals surface area contributed by atoms with Crippen molar-refractivity contribution in [1.29, 1.82) is 0 Å². The van der Waals surface area contributed by atoms with Gasteiger partial charge in [0.2, 0.25) is 0 Å². The van der Waals surface area contributed by atoms with Crippen molar-refractivity contribution in [2.45, 2.75) is 6.18 Å². The molecule has 3 aromatic rings. The highest BCUT2D eigenvalue weighted by Crippen LogP contribution is 2.27. The molecule has 0 radical (unpaired) electrons. The average Bonchev–Trinajstić information content (AvgIpc) is 2.90. The van der Waals surface area contributed by atoms with E-state index in [1.165, 1.54) is 12.1 Å². The summed E-state index contributed by atoms with van der Waals surface area (Å²) in [6.45, 7) is 0. The molecule has 0 atom stereocenters. The number of hydrogen-bond donors (Lipinski definition) is 2. The molecule has 3 rings (SSSR count). The number of amides is 1. The summed E-state index contributed by atoms with van der Waals surface area (Å²) in [5.41, 5.74) is 2.71. The molecule has 1 aromatic heterocycles. The SMILES string of the molecule is O=C(Nc1ccc2[nH]c(-c3ccccc3)cc2c1)C(F)(F)F. The van der Waals surface area contributed by atoms with Crippen LogP contribution in [0.4, 0.5) is 18.9 Å². The normalized spacial score (nSPS) is 11.6. The Morgan fingerprint density at radius 1 is 1.00 bits per heavy atom. The summed E-state index contributed by atoms with van der Waals surface area (Å²) in [5.74, 6) is -1.98. The van der Waals surface area contributed by atoms with Gasteiger partial charge in [-0.15, -0.1) is 0 Å². The number of nitrogens with one attached hydrogen (secondary N) is 2. The Hall–Kier alpha value is -2.76. The van der Waals surface area contributed by atoms with Gasteiger partial charge in [-0.25, -0.2) is 0 Å². The topological polar surface area (TPSA) is 44.9 Å². The maximum absolute atomic E-state index is 12.3. The standard InChI is InChI=1S/C16H11F3N2O/c17-16(18,19)15(22)20-12-6-7-13-11(8-12)9-14(21-13)10-4-2-1-3-5-10/h1-9,21H,(H,20,22). The number of benzene rings is 2. The fourth-order valence-corrected chi connectivity index (χ4v) is 2.19. The Balaban J connectivity index is 1.92. The van der Waals surface area contributed by atoms with Crippen LogP contribution in [0.2, 0.25) is 0 Å². The summed E-state index contributed by atoms with van der Waals surface area (Å²) in [4.78, 5) is 14.1. The zero-order chi connectivity index (χ0) is 15.7. The number of H-pyrrole nitrogens is 1. The number of carbonyl (C=O) groups excluding carboxylic acids is 1. The smallest absolute Gasteiger partial charge is 0.355 e. The van der Waals surface area contributed by atoms with E-state index in [1.54, 1.807) is 6.07 Å². The van der Waals surface area contributed by atoms with Crippen LogP contribution in [0.15, 0.2) is 54.6 Å². The molecule has 1 amide bonds. The van der Waals surface area contributed by atoms with Gasteiger partial charge in [-0.2, -0.15) is 13.2 Å². The highest BCUT2D eigenvalue weighted by molar-refractivity contribution is 5.97. The Labute approximate surface area is 123 Å². The van der Waals surface area contributed by atoms with Crippen molar-refractivity contribution in [3.05, 3.63) is 54.6 Å². The summed E-state index contributed by atoms with van der Waals surface area (Å²) in [6.07, 6.45) is -4.90. The van der Waals surface area contributed by atoms with Crippen molar-refractivity contribution >= 4 is 22.5 Å². The van der Waals surface area contributed by atoms with Crippen molar-refractivity contribution < 1.29 is 18.0 Å². The third kappa shape index (κ3) is 2.81. The summed E-state index contributed by atoms with van der Waals surface area (Å²) in [6, 6.07) is 15.9. The van der Waals surface area contributed by atoms with Gasteiger partial charge in [-0.05, 0) is 29.8 Å². The molecular formula is C16H11F3N2O. The molecule has 0 aliphatic rings. The molecule has 0 bridgehead atoms. The summed E-state index contributed by atoms with van der Waals surface area (Å²) >= 11 is 0. The zero-order valence-corrected chi connectivity index (χ0v) is 11.2. The molecule has 112 valence electrons. The quantitative estimate of drug-likeness (QED) is 0.727. The van der Waals surface area contributed by atoms with E-state index in [9.17, 15) is 18.0 Å². The molecule has 1 heterocycles. The van der Waals surface area contributed by atoms with Crippen molar-refractivity contribution in [1.82, 2.24) is 4.98 Å².